The normalized spacial score (nSPS) is 9.67. The highest BCUT2D eigenvalue weighted by atomic mass is 35.5. The smallest absolute Gasteiger partial charge is 0.132 e. The topological polar surface area (TPSA) is 0 Å². The van der Waals surface area contributed by atoms with Crippen LogP contribution in [0.25, 0.3) is 0 Å². The number of halogens is 2. The highest BCUT2D eigenvalue weighted by Crippen LogP contribution is 2.11. The van der Waals surface area contributed by atoms with E-state index in [2.05, 4.69) is 6.07 Å². The molecule has 0 fully saturated rings. The van der Waals surface area contributed by atoms with E-state index in [1.54, 1.807) is 13.0 Å². The van der Waals surface area contributed by atoms with Gasteiger partial charge in [-0.05, 0) is 24.6 Å². The maximum atomic E-state index is 12.3. The third kappa shape index (κ3) is 1.68. The van der Waals surface area contributed by atoms with Gasteiger partial charge in [-0.2, -0.15) is 0 Å². The Bertz CT molecular complexity index is 170. The SMILES string of the molecule is Cc1[c]c(F)cc(Cl)c1. The quantitative estimate of drug-likeness (QED) is 0.524. The standard InChI is InChI=1S/C7H5ClF/c1-5-2-6(8)4-7(9)3-5/h2,4H,1H3. The van der Waals surface area contributed by atoms with Gasteiger partial charge >= 0.3 is 0 Å². The highest BCUT2D eigenvalue weighted by Gasteiger charge is 1.93. The first-order valence-corrected chi connectivity index (χ1v) is 2.91. The summed E-state index contributed by atoms with van der Waals surface area (Å²) in [4.78, 5) is 0. The number of benzene rings is 1. The summed E-state index contributed by atoms with van der Waals surface area (Å²) in [6.07, 6.45) is 0. The number of hydrogen-bond acceptors (Lipinski definition) is 0. The molecule has 9 heavy (non-hydrogen) atoms. The van der Waals surface area contributed by atoms with Crippen molar-refractivity contribution in [2.75, 3.05) is 0 Å². The van der Waals surface area contributed by atoms with Gasteiger partial charge in [-0.15, -0.1) is 0 Å². The second-order valence-corrected chi connectivity index (χ2v) is 2.27. The minimum absolute atomic E-state index is 0.403. The van der Waals surface area contributed by atoms with Gasteiger partial charge in [0.2, 0.25) is 0 Å². The molecule has 0 aliphatic rings. The van der Waals surface area contributed by atoms with Crippen molar-refractivity contribution in [2.24, 2.45) is 0 Å². The predicted octanol–water partition coefficient (Wildman–Crippen LogP) is 2.59. The maximum absolute atomic E-state index is 12.3. The van der Waals surface area contributed by atoms with E-state index in [4.69, 9.17) is 11.6 Å². The molecule has 0 nitrogen and oxygen atoms in total. The summed E-state index contributed by atoms with van der Waals surface area (Å²) in [5.74, 6) is -0.403. The zero-order valence-electron chi connectivity index (χ0n) is 4.91. The highest BCUT2D eigenvalue weighted by molar-refractivity contribution is 6.30. The van der Waals surface area contributed by atoms with Crippen LogP contribution in [-0.2, 0) is 0 Å². The van der Waals surface area contributed by atoms with E-state index in [-0.39, 0.29) is 0 Å². The average molecular weight is 144 g/mol. The van der Waals surface area contributed by atoms with Crippen LogP contribution in [0, 0.1) is 18.8 Å². The molecule has 0 amide bonds. The van der Waals surface area contributed by atoms with Gasteiger partial charge in [0.15, 0.2) is 0 Å². The second-order valence-electron chi connectivity index (χ2n) is 1.83. The van der Waals surface area contributed by atoms with Crippen LogP contribution < -0.4 is 0 Å². The monoisotopic (exact) mass is 143 g/mol. The third-order valence-electron chi connectivity index (χ3n) is 0.936. The van der Waals surface area contributed by atoms with Crippen LogP contribution in [-0.4, -0.2) is 0 Å². The Kier molecular flexibility index (Phi) is 1.72. The van der Waals surface area contributed by atoms with Gasteiger partial charge in [0.25, 0.3) is 0 Å². The van der Waals surface area contributed by atoms with E-state index in [1.165, 1.54) is 6.07 Å². The fourth-order valence-corrected chi connectivity index (χ4v) is 0.890. The van der Waals surface area contributed by atoms with Gasteiger partial charge in [-0.3, -0.25) is 0 Å². The lowest BCUT2D eigenvalue weighted by Crippen LogP contribution is -1.76. The van der Waals surface area contributed by atoms with E-state index >= 15 is 0 Å². The van der Waals surface area contributed by atoms with Crippen molar-refractivity contribution < 1.29 is 4.39 Å². The molecule has 0 aliphatic heterocycles. The number of aryl methyl sites for hydroxylation is 1. The molecule has 1 aromatic rings. The minimum Gasteiger partial charge on any atom is -0.206 e. The minimum atomic E-state index is -0.403. The lowest BCUT2D eigenvalue weighted by molar-refractivity contribution is 0.624. The molecule has 0 N–H and O–H groups in total. The lowest BCUT2D eigenvalue weighted by atomic mass is 10.2. The van der Waals surface area contributed by atoms with Crippen LogP contribution >= 0.6 is 11.6 Å². The van der Waals surface area contributed by atoms with Gasteiger partial charge in [-0.25, -0.2) is 4.39 Å². The Morgan fingerprint density at radius 1 is 1.56 bits per heavy atom. The summed E-state index contributed by atoms with van der Waals surface area (Å²) in [5, 5.41) is 0.420. The molecule has 2 heteroatoms. The fourth-order valence-electron chi connectivity index (χ4n) is 0.630. The van der Waals surface area contributed by atoms with Crippen molar-refractivity contribution in [3.05, 3.63) is 34.6 Å². The molecule has 1 radical (unpaired) electrons. The van der Waals surface area contributed by atoms with Crippen molar-refractivity contribution >= 4 is 11.6 Å². The molecule has 0 unspecified atom stereocenters. The van der Waals surface area contributed by atoms with Crippen LogP contribution in [0.15, 0.2) is 12.1 Å². The molecule has 0 saturated carbocycles. The summed E-state index contributed by atoms with van der Waals surface area (Å²) < 4.78 is 12.3. The zero-order chi connectivity index (χ0) is 6.85. The summed E-state index contributed by atoms with van der Waals surface area (Å²) in [6, 6.07) is 5.35. The molecule has 0 bridgehead atoms. The van der Waals surface area contributed by atoms with Gasteiger partial charge in [0.05, 0.1) is 0 Å². The molecule has 0 atom stereocenters. The lowest BCUT2D eigenvalue weighted by Gasteiger charge is -1.91. The van der Waals surface area contributed by atoms with Crippen molar-refractivity contribution in [2.45, 2.75) is 6.92 Å². The molecular formula is C7H5ClF. The second kappa shape index (κ2) is 2.36. The largest absolute Gasteiger partial charge is 0.206 e. The summed E-state index contributed by atoms with van der Waals surface area (Å²) in [6.45, 7) is 1.74. The first kappa shape index (κ1) is 6.56. The Balaban J connectivity index is 3.17. The molecule has 0 aromatic heterocycles. The van der Waals surface area contributed by atoms with E-state index in [9.17, 15) is 4.39 Å². The molecule has 1 rings (SSSR count). The van der Waals surface area contributed by atoms with Gasteiger partial charge in [0.1, 0.15) is 5.82 Å². The van der Waals surface area contributed by atoms with E-state index in [0.717, 1.165) is 5.56 Å². The average Bonchev–Trinajstić information content (AvgIpc) is 1.59. The first-order chi connectivity index (χ1) is 4.18. The van der Waals surface area contributed by atoms with E-state index in [0.29, 0.717) is 5.02 Å². The molecule has 0 heterocycles. The predicted molar refractivity (Wildman–Crippen MR) is 35.0 cm³/mol. The molecule has 0 spiro atoms. The van der Waals surface area contributed by atoms with Gasteiger partial charge in [0, 0.05) is 11.1 Å². The number of hydrogen-bond donors (Lipinski definition) is 0. The van der Waals surface area contributed by atoms with Crippen LogP contribution in [0.3, 0.4) is 0 Å². The first-order valence-electron chi connectivity index (χ1n) is 2.53. The summed E-state index contributed by atoms with van der Waals surface area (Å²) in [7, 11) is 0. The van der Waals surface area contributed by atoms with E-state index in [1.807, 2.05) is 0 Å². The number of rotatable bonds is 0. The van der Waals surface area contributed by atoms with E-state index < -0.39 is 5.82 Å². The van der Waals surface area contributed by atoms with Gasteiger partial charge in [-0.1, -0.05) is 11.6 Å². The van der Waals surface area contributed by atoms with Crippen molar-refractivity contribution in [1.29, 1.82) is 0 Å². The maximum Gasteiger partial charge on any atom is 0.132 e. The van der Waals surface area contributed by atoms with Crippen molar-refractivity contribution in [3.8, 4) is 0 Å². The Labute approximate surface area is 58.3 Å². The molecule has 0 saturated heterocycles. The fraction of sp³-hybridized carbons (Fsp3) is 0.143. The zero-order valence-corrected chi connectivity index (χ0v) is 5.67. The molecular weight excluding hydrogens is 139 g/mol. The summed E-state index contributed by atoms with van der Waals surface area (Å²) in [5.41, 5.74) is 0.722. The molecule has 0 aliphatic carbocycles. The van der Waals surface area contributed by atoms with Crippen LogP contribution in [0.2, 0.25) is 5.02 Å². The Morgan fingerprint density at radius 3 is 2.67 bits per heavy atom. The summed E-state index contributed by atoms with van der Waals surface area (Å²) >= 11 is 5.49. The van der Waals surface area contributed by atoms with Gasteiger partial charge < -0.3 is 0 Å². The van der Waals surface area contributed by atoms with Crippen LogP contribution in [0.5, 0.6) is 0 Å². The molecule has 1 aromatic carbocycles. The molecule has 47 valence electrons. The van der Waals surface area contributed by atoms with Crippen molar-refractivity contribution in [3.63, 3.8) is 0 Å². The van der Waals surface area contributed by atoms with Crippen molar-refractivity contribution in [1.82, 2.24) is 0 Å². The van der Waals surface area contributed by atoms with Crippen LogP contribution in [0.1, 0.15) is 5.56 Å². The van der Waals surface area contributed by atoms with Crippen LogP contribution in [0.4, 0.5) is 4.39 Å². The Hall–Kier alpha value is -0.560. The Morgan fingerprint density at radius 2 is 2.22 bits per heavy atom. The third-order valence-corrected chi connectivity index (χ3v) is 1.15.